The van der Waals surface area contributed by atoms with Gasteiger partial charge in [0.05, 0.1) is 10.2 Å². The molecule has 2 N–H and O–H groups in total. The van der Waals surface area contributed by atoms with Crippen molar-refractivity contribution >= 4 is 21.6 Å². The highest BCUT2D eigenvalue weighted by Crippen LogP contribution is 2.16. The van der Waals surface area contributed by atoms with Crippen molar-refractivity contribution in [2.45, 2.75) is 19.9 Å². The van der Waals surface area contributed by atoms with E-state index < -0.39 is 0 Å². The number of fused-ring (bicyclic) bond motifs is 1. The SMILES string of the molecule is CCCn1c(=NN)sc2ccccc21. The molecular formula is C10H13N3S. The lowest BCUT2D eigenvalue weighted by Crippen LogP contribution is -2.16. The number of aryl methyl sites for hydroxylation is 1. The van der Waals surface area contributed by atoms with Crippen LogP contribution in [0.5, 0.6) is 0 Å². The minimum atomic E-state index is 0.896. The standard InChI is InChI=1S/C10H13N3S/c1-2-7-13-8-5-3-4-6-9(8)14-10(13)12-11/h3-6H,2,7,11H2,1H3. The first-order valence-electron chi connectivity index (χ1n) is 4.69. The van der Waals surface area contributed by atoms with E-state index in [1.807, 2.05) is 12.1 Å². The smallest absolute Gasteiger partial charge is 0.208 e. The number of hydrogen-bond acceptors (Lipinski definition) is 3. The number of thiazole rings is 1. The largest absolute Gasteiger partial charge is 0.320 e. The van der Waals surface area contributed by atoms with Crippen LogP contribution in [-0.4, -0.2) is 4.57 Å². The van der Waals surface area contributed by atoms with Crippen LogP contribution in [0.3, 0.4) is 0 Å². The Morgan fingerprint density at radius 3 is 2.93 bits per heavy atom. The molecule has 0 saturated carbocycles. The summed E-state index contributed by atoms with van der Waals surface area (Å²) in [5.41, 5.74) is 1.23. The van der Waals surface area contributed by atoms with Crippen LogP contribution in [0.15, 0.2) is 29.4 Å². The Morgan fingerprint density at radius 1 is 1.43 bits per heavy atom. The molecule has 4 heteroatoms. The third-order valence-corrected chi connectivity index (χ3v) is 3.22. The van der Waals surface area contributed by atoms with E-state index >= 15 is 0 Å². The fourth-order valence-electron chi connectivity index (χ4n) is 1.56. The quantitative estimate of drug-likeness (QED) is 0.593. The molecule has 1 aromatic heterocycles. The third-order valence-electron chi connectivity index (χ3n) is 2.15. The maximum Gasteiger partial charge on any atom is 0.208 e. The maximum atomic E-state index is 5.36. The Hall–Kier alpha value is -1.29. The second-order valence-corrected chi connectivity index (χ2v) is 4.14. The molecule has 0 aliphatic carbocycles. The summed E-state index contributed by atoms with van der Waals surface area (Å²) in [4.78, 5) is 0.896. The lowest BCUT2D eigenvalue weighted by molar-refractivity contribution is 0.677. The zero-order valence-electron chi connectivity index (χ0n) is 8.10. The lowest BCUT2D eigenvalue weighted by Gasteiger charge is -2.00. The molecule has 0 bridgehead atoms. The minimum absolute atomic E-state index is 0.896. The van der Waals surface area contributed by atoms with Crippen molar-refractivity contribution in [3.8, 4) is 0 Å². The second-order valence-electron chi connectivity index (χ2n) is 3.13. The first-order chi connectivity index (χ1) is 6.86. The zero-order valence-corrected chi connectivity index (χ0v) is 8.92. The lowest BCUT2D eigenvalue weighted by atomic mass is 10.3. The molecule has 0 amide bonds. The van der Waals surface area contributed by atoms with Gasteiger partial charge in [-0.15, -0.1) is 0 Å². The average molecular weight is 207 g/mol. The number of nitrogens with zero attached hydrogens (tertiary/aromatic N) is 2. The van der Waals surface area contributed by atoms with E-state index in [4.69, 9.17) is 5.84 Å². The Balaban J connectivity index is 2.75. The molecule has 0 fully saturated rings. The van der Waals surface area contributed by atoms with E-state index in [0.717, 1.165) is 17.8 Å². The fraction of sp³-hybridized carbons (Fsp3) is 0.300. The van der Waals surface area contributed by atoms with Gasteiger partial charge >= 0.3 is 0 Å². The Kier molecular flexibility index (Phi) is 2.54. The molecule has 1 heterocycles. The molecule has 0 unspecified atom stereocenters. The fourth-order valence-corrected chi connectivity index (χ4v) is 2.54. The number of aromatic nitrogens is 1. The topological polar surface area (TPSA) is 43.3 Å². The van der Waals surface area contributed by atoms with Crippen LogP contribution < -0.4 is 10.6 Å². The Morgan fingerprint density at radius 2 is 2.21 bits per heavy atom. The number of nitrogens with two attached hydrogens (primary N) is 1. The Labute approximate surface area is 86.5 Å². The molecule has 0 aliphatic heterocycles. The molecule has 0 radical (unpaired) electrons. The van der Waals surface area contributed by atoms with Gasteiger partial charge in [0.25, 0.3) is 0 Å². The summed E-state index contributed by atoms with van der Waals surface area (Å²) < 4.78 is 3.41. The molecule has 1 aromatic carbocycles. The molecule has 0 saturated heterocycles. The molecule has 74 valence electrons. The van der Waals surface area contributed by atoms with Gasteiger partial charge in [-0.2, -0.15) is 5.10 Å². The van der Waals surface area contributed by atoms with Crippen molar-refractivity contribution in [2.75, 3.05) is 0 Å². The first kappa shape index (κ1) is 9.27. The van der Waals surface area contributed by atoms with Crippen LogP contribution in [0.2, 0.25) is 0 Å². The monoisotopic (exact) mass is 207 g/mol. The predicted molar refractivity (Wildman–Crippen MR) is 59.9 cm³/mol. The summed E-state index contributed by atoms with van der Waals surface area (Å²) >= 11 is 1.64. The highest BCUT2D eigenvalue weighted by molar-refractivity contribution is 7.16. The van der Waals surface area contributed by atoms with Crippen molar-refractivity contribution in [1.82, 2.24) is 4.57 Å². The van der Waals surface area contributed by atoms with Crippen LogP contribution >= 0.6 is 11.3 Å². The predicted octanol–water partition coefficient (Wildman–Crippen LogP) is 1.89. The van der Waals surface area contributed by atoms with Crippen molar-refractivity contribution in [2.24, 2.45) is 10.9 Å². The number of para-hydroxylation sites is 1. The Bertz CT molecular complexity index is 495. The highest BCUT2D eigenvalue weighted by Gasteiger charge is 2.03. The van der Waals surface area contributed by atoms with E-state index in [2.05, 4.69) is 28.7 Å². The first-order valence-corrected chi connectivity index (χ1v) is 5.50. The van der Waals surface area contributed by atoms with Crippen molar-refractivity contribution < 1.29 is 0 Å². The molecule has 3 nitrogen and oxygen atoms in total. The van der Waals surface area contributed by atoms with Crippen molar-refractivity contribution in [3.05, 3.63) is 29.1 Å². The number of hydrogen-bond donors (Lipinski definition) is 1. The summed E-state index contributed by atoms with van der Waals surface area (Å²) in [6.07, 6.45) is 1.09. The van der Waals surface area contributed by atoms with Crippen LogP contribution in [0.1, 0.15) is 13.3 Å². The maximum absolute atomic E-state index is 5.36. The van der Waals surface area contributed by atoms with E-state index in [9.17, 15) is 0 Å². The van der Waals surface area contributed by atoms with Crippen molar-refractivity contribution in [3.63, 3.8) is 0 Å². The van der Waals surface area contributed by atoms with Crippen LogP contribution in [0.25, 0.3) is 10.2 Å². The van der Waals surface area contributed by atoms with Gasteiger partial charge in [-0.1, -0.05) is 30.4 Å². The van der Waals surface area contributed by atoms with Gasteiger partial charge in [-0.05, 0) is 18.6 Å². The molecule has 0 aliphatic rings. The molecule has 2 aromatic rings. The van der Waals surface area contributed by atoms with E-state index in [-0.39, 0.29) is 0 Å². The molecule has 0 spiro atoms. The molecular weight excluding hydrogens is 194 g/mol. The minimum Gasteiger partial charge on any atom is -0.320 e. The van der Waals surface area contributed by atoms with Gasteiger partial charge in [-0.25, -0.2) is 0 Å². The molecule has 0 atom stereocenters. The van der Waals surface area contributed by atoms with Gasteiger partial charge in [-0.3, -0.25) is 0 Å². The van der Waals surface area contributed by atoms with E-state index in [1.54, 1.807) is 11.3 Å². The van der Waals surface area contributed by atoms with E-state index in [0.29, 0.717) is 0 Å². The number of rotatable bonds is 2. The summed E-state index contributed by atoms with van der Waals surface area (Å²) in [5.74, 6) is 5.36. The van der Waals surface area contributed by atoms with Gasteiger partial charge < -0.3 is 10.4 Å². The van der Waals surface area contributed by atoms with Crippen LogP contribution in [0, 0.1) is 0 Å². The van der Waals surface area contributed by atoms with Crippen LogP contribution in [0.4, 0.5) is 0 Å². The normalized spacial score (nSPS) is 12.5. The average Bonchev–Trinajstić information content (AvgIpc) is 2.58. The number of benzene rings is 1. The van der Waals surface area contributed by atoms with Gasteiger partial charge in [0.2, 0.25) is 4.80 Å². The summed E-state index contributed by atoms with van der Waals surface area (Å²) in [6.45, 7) is 3.12. The second kappa shape index (κ2) is 3.84. The van der Waals surface area contributed by atoms with Gasteiger partial charge in [0.1, 0.15) is 0 Å². The zero-order chi connectivity index (χ0) is 9.97. The van der Waals surface area contributed by atoms with Gasteiger partial charge in [0, 0.05) is 6.54 Å². The van der Waals surface area contributed by atoms with Gasteiger partial charge in [0.15, 0.2) is 0 Å². The molecule has 14 heavy (non-hydrogen) atoms. The summed E-state index contributed by atoms with van der Waals surface area (Å²) in [6, 6.07) is 8.29. The van der Waals surface area contributed by atoms with Crippen molar-refractivity contribution in [1.29, 1.82) is 0 Å². The summed E-state index contributed by atoms with van der Waals surface area (Å²) in [5, 5.41) is 3.81. The highest BCUT2D eigenvalue weighted by atomic mass is 32.1. The summed E-state index contributed by atoms with van der Waals surface area (Å²) in [7, 11) is 0. The van der Waals surface area contributed by atoms with E-state index in [1.165, 1.54) is 10.2 Å². The third kappa shape index (κ3) is 1.42. The molecule has 2 rings (SSSR count). The van der Waals surface area contributed by atoms with Crippen LogP contribution in [-0.2, 0) is 6.54 Å².